The van der Waals surface area contributed by atoms with Crippen LogP contribution in [0.3, 0.4) is 0 Å². The van der Waals surface area contributed by atoms with Gasteiger partial charge in [-0.1, -0.05) is 0 Å². The molecule has 0 spiro atoms. The highest BCUT2D eigenvalue weighted by Gasteiger charge is 2.25. The molecule has 1 aromatic heterocycles. The van der Waals surface area contributed by atoms with Crippen molar-refractivity contribution >= 4 is 33.2 Å². The van der Waals surface area contributed by atoms with E-state index in [0.717, 1.165) is 34.7 Å². The van der Waals surface area contributed by atoms with Crippen LogP contribution in [0, 0.1) is 5.92 Å². The van der Waals surface area contributed by atoms with Crippen molar-refractivity contribution in [2.45, 2.75) is 12.8 Å². The van der Waals surface area contributed by atoms with Crippen molar-refractivity contribution in [2.24, 2.45) is 5.92 Å². The highest BCUT2D eigenvalue weighted by molar-refractivity contribution is 9.11. The summed E-state index contributed by atoms with van der Waals surface area (Å²) in [5.41, 5.74) is 0. The second-order valence-corrected chi connectivity index (χ2v) is 6.98. The second-order valence-electron chi connectivity index (χ2n) is 4.43. The van der Waals surface area contributed by atoms with E-state index in [1.54, 1.807) is 11.3 Å². The molecule has 0 bridgehead atoms. The number of halogens is 1. The van der Waals surface area contributed by atoms with Crippen molar-refractivity contribution in [1.82, 2.24) is 10.2 Å². The van der Waals surface area contributed by atoms with Gasteiger partial charge in [0, 0.05) is 18.0 Å². The maximum Gasteiger partial charge on any atom is 0.227 e. The molecule has 1 atom stereocenters. The van der Waals surface area contributed by atoms with Crippen LogP contribution in [0.25, 0.3) is 0 Å². The summed E-state index contributed by atoms with van der Waals surface area (Å²) in [7, 11) is 1.97. The van der Waals surface area contributed by atoms with Gasteiger partial charge in [0.15, 0.2) is 0 Å². The molecule has 1 aliphatic rings. The molecule has 1 unspecified atom stereocenters. The minimum atomic E-state index is 0.262. The van der Waals surface area contributed by atoms with E-state index in [1.807, 2.05) is 24.1 Å². The van der Waals surface area contributed by atoms with Gasteiger partial charge in [-0.2, -0.15) is 0 Å². The molecule has 3 nitrogen and oxygen atoms in total. The largest absolute Gasteiger partial charge is 0.342 e. The maximum absolute atomic E-state index is 12.1. The minimum absolute atomic E-state index is 0.262. The third kappa shape index (κ3) is 3.53. The maximum atomic E-state index is 12.1. The molecule has 1 amide bonds. The fourth-order valence-electron chi connectivity index (χ4n) is 2.22. The number of nitrogens with zero attached hydrogens (tertiary/aromatic N) is 1. The fourth-order valence-corrected chi connectivity index (χ4v) is 3.70. The van der Waals surface area contributed by atoms with E-state index in [1.165, 1.54) is 0 Å². The monoisotopic (exact) mass is 316 g/mol. The van der Waals surface area contributed by atoms with Gasteiger partial charge in [0.1, 0.15) is 0 Å². The van der Waals surface area contributed by atoms with Gasteiger partial charge in [-0.25, -0.2) is 0 Å². The second kappa shape index (κ2) is 5.98. The molecule has 1 aliphatic heterocycles. The number of rotatable bonds is 4. The molecule has 2 heterocycles. The number of carbonyl (C=O) groups is 1. The molecule has 17 heavy (non-hydrogen) atoms. The van der Waals surface area contributed by atoms with Gasteiger partial charge in [-0.15, -0.1) is 11.3 Å². The molecule has 0 saturated carbocycles. The van der Waals surface area contributed by atoms with Crippen molar-refractivity contribution in [1.29, 1.82) is 0 Å². The molecule has 0 radical (unpaired) electrons. The van der Waals surface area contributed by atoms with Crippen LogP contribution in [0.2, 0.25) is 0 Å². The standard InChI is InChI=1S/C12H17BrN2OS/c1-14-7-9-4-5-15(8-9)12(16)6-10-2-3-11(13)17-10/h2-3,9,14H,4-8H2,1H3. The number of hydrogen-bond donors (Lipinski definition) is 1. The van der Waals surface area contributed by atoms with E-state index in [0.29, 0.717) is 12.3 Å². The zero-order chi connectivity index (χ0) is 12.3. The zero-order valence-corrected chi connectivity index (χ0v) is 12.3. The zero-order valence-electron chi connectivity index (χ0n) is 9.91. The first-order valence-electron chi connectivity index (χ1n) is 5.85. The number of nitrogens with one attached hydrogen (secondary N) is 1. The normalized spacial score (nSPS) is 19.9. The van der Waals surface area contributed by atoms with Gasteiger partial charge in [-0.05, 0) is 54.0 Å². The number of likely N-dealkylation sites (tertiary alicyclic amines) is 1. The lowest BCUT2D eigenvalue weighted by atomic mass is 10.1. The van der Waals surface area contributed by atoms with Crippen LogP contribution in [-0.4, -0.2) is 37.5 Å². The predicted molar refractivity (Wildman–Crippen MR) is 74.3 cm³/mol. The average molecular weight is 317 g/mol. The minimum Gasteiger partial charge on any atom is -0.342 e. The van der Waals surface area contributed by atoms with Crippen LogP contribution < -0.4 is 5.32 Å². The van der Waals surface area contributed by atoms with Gasteiger partial charge in [-0.3, -0.25) is 4.79 Å². The van der Waals surface area contributed by atoms with Crippen molar-refractivity contribution in [3.63, 3.8) is 0 Å². The smallest absolute Gasteiger partial charge is 0.227 e. The molecule has 5 heteroatoms. The van der Waals surface area contributed by atoms with Crippen LogP contribution in [-0.2, 0) is 11.2 Å². The third-order valence-electron chi connectivity index (χ3n) is 3.09. The first kappa shape index (κ1) is 13.1. The summed E-state index contributed by atoms with van der Waals surface area (Å²) in [6.07, 6.45) is 1.67. The summed E-state index contributed by atoms with van der Waals surface area (Å²) in [5, 5.41) is 3.18. The van der Waals surface area contributed by atoms with Crippen LogP contribution >= 0.6 is 27.3 Å². The average Bonchev–Trinajstić information content (AvgIpc) is 2.88. The van der Waals surface area contributed by atoms with E-state index in [-0.39, 0.29) is 5.91 Å². The Labute approximate surface area is 114 Å². The molecule has 94 valence electrons. The van der Waals surface area contributed by atoms with Crippen LogP contribution in [0.15, 0.2) is 15.9 Å². The van der Waals surface area contributed by atoms with Crippen LogP contribution in [0.5, 0.6) is 0 Å². The third-order valence-corrected chi connectivity index (χ3v) is 4.71. The molecule has 0 aliphatic carbocycles. The van der Waals surface area contributed by atoms with E-state index in [4.69, 9.17) is 0 Å². The van der Waals surface area contributed by atoms with Crippen molar-refractivity contribution in [2.75, 3.05) is 26.7 Å². The molecular formula is C12H17BrN2OS. The summed E-state index contributed by atoms with van der Waals surface area (Å²) >= 11 is 5.06. The number of thiophene rings is 1. The lowest BCUT2D eigenvalue weighted by Gasteiger charge is -2.16. The lowest BCUT2D eigenvalue weighted by Crippen LogP contribution is -2.31. The first-order valence-corrected chi connectivity index (χ1v) is 7.46. The van der Waals surface area contributed by atoms with Crippen LogP contribution in [0.1, 0.15) is 11.3 Å². The summed E-state index contributed by atoms with van der Waals surface area (Å²) < 4.78 is 1.09. The predicted octanol–water partition coefficient (Wildman–Crippen LogP) is 2.12. The molecule has 1 fully saturated rings. The first-order chi connectivity index (χ1) is 8.19. The van der Waals surface area contributed by atoms with Gasteiger partial charge in [0.2, 0.25) is 5.91 Å². The number of carbonyl (C=O) groups excluding carboxylic acids is 1. The summed E-state index contributed by atoms with van der Waals surface area (Å²) in [6.45, 7) is 2.83. The topological polar surface area (TPSA) is 32.3 Å². The van der Waals surface area contributed by atoms with Gasteiger partial charge in [0.25, 0.3) is 0 Å². The highest BCUT2D eigenvalue weighted by atomic mass is 79.9. The van der Waals surface area contributed by atoms with E-state index in [2.05, 4.69) is 21.2 Å². The highest BCUT2D eigenvalue weighted by Crippen LogP contribution is 2.24. The summed E-state index contributed by atoms with van der Waals surface area (Å²) in [6, 6.07) is 4.02. The van der Waals surface area contributed by atoms with Gasteiger partial charge < -0.3 is 10.2 Å². The molecule has 1 aromatic rings. The Morgan fingerprint density at radius 2 is 2.47 bits per heavy atom. The van der Waals surface area contributed by atoms with Gasteiger partial charge in [0.05, 0.1) is 10.2 Å². The van der Waals surface area contributed by atoms with Crippen LogP contribution in [0.4, 0.5) is 0 Å². The summed E-state index contributed by atoms with van der Waals surface area (Å²) in [4.78, 5) is 15.2. The molecule has 0 aromatic carbocycles. The quantitative estimate of drug-likeness (QED) is 0.923. The Kier molecular flexibility index (Phi) is 4.59. The number of amides is 1. The molecule has 2 rings (SSSR count). The lowest BCUT2D eigenvalue weighted by molar-refractivity contribution is -0.129. The Morgan fingerprint density at radius 3 is 3.12 bits per heavy atom. The molecular weight excluding hydrogens is 300 g/mol. The van der Waals surface area contributed by atoms with Crippen molar-refractivity contribution < 1.29 is 4.79 Å². The fraction of sp³-hybridized carbons (Fsp3) is 0.583. The molecule has 1 saturated heterocycles. The van der Waals surface area contributed by atoms with E-state index >= 15 is 0 Å². The van der Waals surface area contributed by atoms with Crippen molar-refractivity contribution in [3.05, 3.63) is 20.8 Å². The Hall–Kier alpha value is -0.390. The summed E-state index contributed by atoms with van der Waals surface area (Å²) in [5.74, 6) is 0.886. The van der Waals surface area contributed by atoms with E-state index in [9.17, 15) is 4.79 Å². The Balaban J connectivity index is 1.85. The van der Waals surface area contributed by atoms with E-state index < -0.39 is 0 Å². The molecule has 1 N–H and O–H groups in total. The Morgan fingerprint density at radius 1 is 1.65 bits per heavy atom. The Bertz CT molecular complexity index is 394. The van der Waals surface area contributed by atoms with Crippen molar-refractivity contribution in [3.8, 4) is 0 Å². The van der Waals surface area contributed by atoms with Gasteiger partial charge >= 0.3 is 0 Å². The SMILES string of the molecule is CNCC1CCN(C(=O)Cc2ccc(Br)s2)C1. The number of hydrogen-bond acceptors (Lipinski definition) is 3.